The number of halogens is 1. The molecule has 4 aromatic carbocycles. The van der Waals surface area contributed by atoms with Gasteiger partial charge in [-0.15, -0.1) is 0 Å². The number of carbonyl (C=O) groups is 1. The zero-order chi connectivity index (χ0) is 32.3. The number of hydrogen-bond acceptors (Lipinski definition) is 4. The third kappa shape index (κ3) is 6.72. The van der Waals surface area contributed by atoms with Crippen LogP contribution < -0.4 is 9.73 Å². The molecule has 0 fully saturated rings. The first-order valence-electron chi connectivity index (χ1n) is 14.5. The second kappa shape index (κ2) is 13.1. The summed E-state index contributed by atoms with van der Waals surface area (Å²) in [5, 5.41) is 4.66. The molecule has 7 nitrogen and oxygen atoms in total. The first-order chi connectivity index (χ1) is 21.5. The van der Waals surface area contributed by atoms with E-state index in [1.807, 2.05) is 19.9 Å². The number of aromatic nitrogens is 1. The summed E-state index contributed by atoms with van der Waals surface area (Å²) in [5.74, 6) is -0.374. The van der Waals surface area contributed by atoms with E-state index < -0.39 is 10.0 Å². The smallest absolute Gasteiger partial charge is 0.271 e. The molecule has 1 aromatic heterocycles. The Morgan fingerprint density at radius 2 is 1.51 bits per heavy atom. The van der Waals surface area contributed by atoms with E-state index in [9.17, 15) is 13.2 Å². The molecule has 0 saturated heterocycles. The predicted molar refractivity (Wildman–Crippen MR) is 182 cm³/mol. The number of para-hydroxylation sites is 1. The van der Waals surface area contributed by atoms with Gasteiger partial charge in [0.2, 0.25) is 0 Å². The topological polar surface area (TPSA) is 83.8 Å². The third-order valence-corrected chi connectivity index (χ3v) is 9.83. The zero-order valence-corrected chi connectivity index (χ0v) is 27.4. The fourth-order valence-corrected chi connectivity index (χ4v) is 7.14. The molecule has 0 atom stereocenters. The third-order valence-electron chi connectivity index (χ3n) is 7.82. The summed E-state index contributed by atoms with van der Waals surface area (Å²) >= 11 is 6.28. The van der Waals surface area contributed by atoms with E-state index in [4.69, 9.17) is 11.6 Å². The molecular formula is C36H35ClN4O3S. The number of nitrogens with one attached hydrogen (secondary N) is 1. The van der Waals surface area contributed by atoms with Crippen LogP contribution in [-0.4, -0.2) is 25.1 Å². The van der Waals surface area contributed by atoms with Crippen LogP contribution in [0.2, 0.25) is 5.02 Å². The van der Waals surface area contributed by atoms with Gasteiger partial charge in [-0.2, -0.15) is 5.10 Å². The van der Waals surface area contributed by atoms with Gasteiger partial charge in [-0.25, -0.2) is 13.8 Å². The van der Waals surface area contributed by atoms with E-state index in [0.717, 1.165) is 28.2 Å². The van der Waals surface area contributed by atoms with Gasteiger partial charge in [-0.3, -0.25) is 9.10 Å². The number of benzene rings is 4. The number of sulfonamides is 1. The van der Waals surface area contributed by atoms with Gasteiger partial charge in [0.1, 0.15) is 0 Å². The van der Waals surface area contributed by atoms with Crippen molar-refractivity contribution in [3.8, 4) is 5.69 Å². The second-order valence-corrected chi connectivity index (χ2v) is 13.4. The maximum Gasteiger partial charge on any atom is 0.271 e. The molecule has 0 bridgehead atoms. The Bertz CT molecular complexity index is 1980. The molecule has 1 N–H and O–H groups in total. The highest BCUT2D eigenvalue weighted by molar-refractivity contribution is 7.92. The summed E-state index contributed by atoms with van der Waals surface area (Å²) in [7, 11) is -3.91. The van der Waals surface area contributed by atoms with Crippen LogP contribution in [0.3, 0.4) is 0 Å². The summed E-state index contributed by atoms with van der Waals surface area (Å²) in [6.45, 7) is 10.2. The number of carbonyl (C=O) groups excluding carboxylic acids is 1. The van der Waals surface area contributed by atoms with Crippen molar-refractivity contribution in [2.75, 3.05) is 4.31 Å². The molecule has 5 aromatic rings. The molecular weight excluding hydrogens is 604 g/mol. The zero-order valence-electron chi connectivity index (χ0n) is 25.9. The van der Waals surface area contributed by atoms with Gasteiger partial charge in [0.15, 0.2) is 0 Å². The van der Waals surface area contributed by atoms with Crippen LogP contribution in [-0.2, 0) is 16.6 Å². The molecule has 0 aliphatic rings. The van der Waals surface area contributed by atoms with E-state index in [2.05, 4.69) is 54.1 Å². The van der Waals surface area contributed by atoms with Crippen LogP contribution in [0, 0.1) is 34.6 Å². The van der Waals surface area contributed by atoms with E-state index >= 15 is 0 Å². The Labute approximate surface area is 269 Å². The van der Waals surface area contributed by atoms with E-state index in [0.29, 0.717) is 21.8 Å². The molecule has 1 heterocycles. The maximum absolute atomic E-state index is 13.8. The molecule has 0 radical (unpaired) electrons. The van der Waals surface area contributed by atoms with Crippen molar-refractivity contribution in [2.45, 2.75) is 46.1 Å². The molecule has 230 valence electrons. The number of rotatable bonds is 9. The van der Waals surface area contributed by atoms with Crippen LogP contribution in [0.25, 0.3) is 5.69 Å². The van der Waals surface area contributed by atoms with Crippen molar-refractivity contribution >= 4 is 39.4 Å². The van der Waals surface area contributed by atoms with E-state index in [-0.39, 0.29) is 17.3 Å². The van der Waals surface area contributed by atoms with Gasteiger partial charge in [-0.1, -0.05) is 66.2 Å². The predicted octanol–water partition coefficient (Wildman–Crippen LogP) is 7.83. The highest BCUT2D eigenvalue weighted by atomic mass is 35.5. The first kappa shape index (κ1) is 31.8. The van der Waals surface area contributed by atoms with Crippen LogP contribution in [0.15, 0.2) is 107 Å². The summed E-state index contributed by atoms with van der Waals surface area (Å²) in [5.41, 5.74) is 11.5. The van der Waals surface area contributed by atoms with Crippen LogP contribution in [0.1, 0.15) is 49.6 Å². The number of hydrogen-bond donors (Lipinski definition) is 1. The van der Waals surface area contributed by atoms with Gasteiger partial charge >= 0.3 is 0 Å². The number of anilines is 1. The molecule has 1 amide bonds. The molecule has 0 aliphatic carbocycles. The Balaban J connectivity index is 1.34. The number of nitrogens with zero attached hydrogens (tertiary/aromatic N) is 3. The Kier molecular flexibility index (Phi) is 9.27. The first-order valence-corrected chi connectivity index (χ1v) is 16.3. The summed E-state index contributed by atoms with van der Waals surface area (Å²) in [4.78, 5) is 13.1. The molecule has 9 heteroatoms. The number of amides is 1. The minimum Gasteiger partial charge on any atom is -0.317 e. The van der Waals surface area contributed by atoms with Crippen molar-refractivity contribution in [3.63, 3.8) is 0 Å². The molecule has 0 unspecified atom stereocenters. The highest BCUT2D eigenvalue weighted by Gasteiger charge is 2.26. The van der Waals surface area contributed by atoms with E-state index in [1.54, 1.807) is 79.0 Å². The normalized spacial score (nSPS) is 11.6. The standard InChI is InChI=1S/C36H35ClN4O3S/c1-24-14-19-32(37)21-34(24)40(45(43,44)33-12-7-6-8-13-33)23-29-15-17-30(18-16-29)36(42)39-38-22-31-20-27(4)41(28(31)5)35-25(2)10-9-11-26(35)3/h6-22H,23H2,1-5H3,(H,39,42)/b38-22-. The van der Waals surface area contributed by atoms with Gasteiger partial charge in [0.05, 0.1) is 29.0 Å². The Hall–Kier alpha value is -4.66. The lowest BCUT2D eigenvalue weighted by Gasteiger charge is -2.26. The maximum atomic E-state index is 13.8. The largest absolute Gasteiger partial charge is 0.317 e. The van der Waals surface area contributed by atoms with Gasteiger partial charge in [0, 0.05) is 27.5 Å². The monoisotopic (exact) mass is 638 g/mol. The lowest BCUT2D eigenvalue weighted by Crippen LogP contribution is -2.31. The van der Waals surface area contributed by atoms with Crippen molar-refractivity contribution in [2.24, 2.45) is 5.10 Å². The molecule has 0 saturated carbocycles. The van der Waals surface area contributed by atoms with Crippen LogP contribution in [0.4, 0.5) is 5.69 Å². The Morgan fingerprint density at radius 3 is 2.18 bits per heavy atom. The number of aryl methyl sites for hydroxylation is 4. The molecule has 5 rings (SSSR count). The second-order valence-electron chi connectivity index (χ2n) is 11.1. The highest BCUT2D eigenvalue weighted by Crippen LogP contribution is 2.31. The van der Waals surface area contributed by atoms with Crippen molar-refractivity contribution < 1.29 is 13.2 Å². The Morgan fingerprint density at radius 1 is 0.844 bits per heavy atom. The molecule has 45 heavy (non-hydrogen) atoms. The van der Waals surface area contributed by atoms with Gasteiger partial charge in [0.25, 0.3) is 15.9 Å². The summed E-state index contributed by atoms with van der Waals surface area (Å²) in [6.07, 6.45) is 1.65. The number of hydrazone groups is 1. The average Bonchev–Trinajstić information content (AvgIpc) is 3.30. The van der Waals surface area contributed by atoms with Crippen molar-refractivity contribution in [1.29, 1.82) is 0 Å². The quantitative estimate of drug-likeness (QED) is 0.132. The van der Waals surface area contributed by atoms with Crippen molar-refractivity contribution in [1.82, 2.24) is 9.99 Å². The average molecular weight is 639 g/mol. The molecule has 0 aliphatic heterocycles. The fraction of sp³-hybridized carbons (Fsp3) is 0.167. The van der Waals surface area contributed by atoms with Crippen molar-refractivity contribution in [3.05, 3.63) is 147 Å². The fourth-order valence-electron chi connectivity index (χ4n) is 5.44. The molecule has 0 spiro atoms. The van der Waals surface area contributed by atoms with Gasteiger partial charge < -0.3 is 4.57 Å². The van der Waals surface area contributed by atoms with Gasteiger partial charge in [-0.05, 0) is 99.3 Å². The minimum absolute atomic E-state index is 0.0500. The minimum atomic E-state index is -3.91. The van der Waals surface area contributed by atoms with Crippen LogP contribution >= 0.6 is 11.6 Å². The lowest BCUT2D eigenvalue weighted by atomic mass is 10.1. The summed E-state index contributed by atoms with van der Waals surface area (Å²) in [6, 6.07) is 28.5. The SMILES string of the molecule is Cc1ccc(Cl)cc1N(Cc1ccc(C(=O)N/N=C\c2cc(C)n(-c3c(C)cccc3C)c2C)cc1)S(=O)(=O)c1ccccc1. The summed E-state index contributed by atoms with van der Waals surface area (Å²) < 4.78 is 31.1. The van der Waals surface area contributed by atoms with Crippen LogP contribution in [0.5, 0.6) is 0 Å². The van der Waals surface area contributed by atoms with E-state index in [1.165, 1.54) is 15.4 Å². The lowest BCUT2D eigenvalue weighted by molar-refractivity contribution is 0.0955.